The normalized spacial score (nSPS) is 13.7. The fraction of sp³-hybridized carbons (Fsp3) is 0.273. The molecule has 260 valence electrons. The van der Waals surface area contributed by atoms with Gasteiger partial charge in [0.15, 0.2) is 0 Å². The molecular weight excluding hydrogens is 796 g/mol. The average molecular weight is 841 g/mol. The van der Waals surface area contributed by atoms with E-state index in [4.69, 9.17) is 9.72 Å². The number of nitrogens with zero attached hydrogens (tertiary/aromatic N) is 4. The molecule has 0 unspecified atom stereocenters. The van der Waals surface area contributed by atoms with Crippen molar-refractivity contribution in [2.24, 2.45) is 0 Å². The van der Waals surface area contributed by atoms with Crippen LogP contribution in [-0.4, -0.2) is 9.55 Å². The topological polar surface area (TPSA) is 33.5 Å². The Balaban J connectivity index is 0.00000432. The summed E-state index contributed by atoms with van der Waals surface area (Å²) >= 11 is 0. The number of fused-ring (bicyclic) bond motifs is 3. The van der Waals surface area contributed by atoms with Crippen LogP contribution in [0.5, 0.6) is 11.5 Å². The van der Waals surface area contributed by atoms with E-state index < -0.39 is 0 Å². The monoisotopic (exact) mass is 840 g/mol. The third-order valence-electron chi connectivity index (χ3n) is 9.23. The SMILES string of the molecule is CC(C)(C)c1ccnc(-n2c3[c-]c(Oc4[c-]c(N5C=CN(c6ccc(C(C)(C)C)cc6C(C)(C)C)[CH-]5)ccc4)ccc3c3ccccc32)c1.[Pt]. The smallest absolute Gasteiger partial charge is 0.135 e. The van der Waals surface area contributed by atoms with E-state index in [1.807, 2.05) is 30.5 Å². The largest absolute Gasteiger partial charge is 0.509 e. The summed E-state index contributed by atoms with van der Waals surface area (Å²) in [6.45, 7) is 22.4. The van der Waals surface area contributed by atoms with Crippen LogP contribution in [0, 0.1) is 18.8 Å². The van der Waals surface area contributed by atoms with E-state index in [1.165, 1.54) is 22.4 Å². The molecule has 0 aliphatic carbocycles. The molecule has 1 aliphatic heterocycles. The van der Waals surface area contributed by atoms with Crippen LogP contribution >= 0.6 is 0 Å². The van der Waals surface area contributed by atoms with E-state index in [0.717, 1.165) is 33.3 Å². The van der Waals surface area contributed by atoms with Gasteiger partial charge < -0.3 is 19.1 Å². The molecule has 2 aromatic heterocycles. The third-order valence-corrected chi connectivity index (χ3v) is 9.23. The maximum absolute atomic E-state index is 6.45. The van der Waals surface area contributed by atoms with Crippen molar-refractivity contribution in [3.05, 3.63) is 139 Å². The summed E-state index contributed by atoms with van der Waals surface area (Å²) in [5.74, 6) is 2.10. The Morgan fingerprint density at radius 3 is 2.08 bits per heavy atom. The summed E-state index contributed by atoms with van der Waals surface area (Å²) in [4.78, 5) is 9.07. The molecule has 3 heterocycles. The molecule has 7 rings (SSSR count). The van der Waals surface area contributed by atoms with Gasteiger partial charge in [0.25, 0.3) is 0 Å². The quantitative estimate of drug-likeness (QED) is 0.162. The van der Waals surface area contributed by atoms with Crippen molar-refractivity contribution in [1.29, 1.82) is 0 Å². The van der Waals surface area contributed by atoms with Gasteiger partial charge in [-0.15, -0.1) is 48.1 Å². The Morgan fingerprint density at radius 2 is 1.34 bits per heavy atom. The number of para-hydroxylation sites is 1. The van der Waals surface area contributed by atoms with Crippen molar-refractivity contribution in [2.75, 3.05) is 9.80 Å². The second kappa shape index (κ2) is 13.1. The Labute approximate surface area is 311 Å². The molecule has 6 heteroatoms. The predicted molar refractivity (Wildman–Crippen MR) is 204 cm³/mol. The van der Waals surface area contributed by atoms with Crippen LogP contribution in [-0.2, 0) is 37.3 Å². The summed E-state index contributed by atoms with van der Waals surface area (Å²) < 4.78 is 8.63. The number of hydrogen-bond acceptors (Lipinski definition) is 4. The number of benzene rings is 4. The van der Waals surface area contributed by atoms with Gasteiger partial charge in [-0.2, -0.15) is 12.1 Å². The first-order chi connectivity index (χ1) is 23.2. The van der Waals surface area contributed by atoms with Crippen LogP contribution in [0.3, 0.4) is 0 Å². The summed E-state index contributed by atoms with van der Waals surface area (Å²) in [7, 11) is 0. The van der Waals surface area contributed by atoms with Crippen LogP contribution < -0.4 is 14.5 Å². The first kappa shape index (κ1) is 35.5. The number of anilines is 2. The Kier molecular flexibility index (Phi) is 9.29. The standard InChI is InChI=1S/C44H45N4O.Pt/c1-42(2,3)30-17-20-39(37(25-30)44(7,8)9)47-24-23-46(29-47)32-13-12-14-33(27-32)49-34-18-19-36-35-15-10-11-16-38(35)48(40(36)28-34)41-26-31(21-22-45-41)43(4,5)6;/h10-26,29H,1-9H3;/q-3;. The second-order valence-corrected chi connectivity index (χ2v) is 16.1. The van der Waals surface area contributed by atoms with E-state index in [9.17, 15) is 0 Å². The molecule has 0 spiro atoms. The van der Waals surface area contributed by atoms with Crippen molar-refractivity contribution in [1.82, 2.24) is 9.55 Å². The van der Waals surface area contributed by atoms with Crippen LogP contribution in [0.4, 0.5) is 11.4 Å². The first-order valence-corrected chi connectivity index (χ1v) is 17.0. The van der Waals surface area contributed by atoms with Crippen molar-refractivity contribution in [2.45, 2.75) is 78.6 Å². The Hall–Kier alpha value is -4.34. The van der Waals surface area contributed by atoms with Crippen molar-refractivity contribution in [3.63, 3.8) is 0 Å². The third kappa shape index (κ3) is 6.85. The molecule has 0 fully saturated rings. The van der Waals surface area contributed by atoms with Crippen LogP contribution in [0.25, 0.3) is 27.6 Å². The average Bonchev–Trinajstić information content (AvgIpc) is 3.67. The summed E-state index contributed by atoms with van der Waals surface area (Å²) in [6, 6.07) is 36.7. The van der Waals surface area contributed by atoms with Gasteiger partial charge in [0.1, 0.15) is 5.82 Å². The van der Waals surface area contributed by atoms with Crippen LogP contribution in [0.15, 0.2) is 104 Å². The minimum atomic E-state index is -0.0136. The molecule has 0 saturated heterocycles. The zero-order valence-corrected chi connectivity index (χ0v) is 32.7. The zero-order valence-electron chi connectivity index (χ0n) is 30.4. The van der Waals surface area contributed by atoms with E-state index in [0.29, 0.717) is 11.5 Å². The molecule has 0 radical (unpaired) electrons. The van der Waals surface area contributed by atoms with E-state index in [-0.39, 0.29) is 37.3 Å². The number of hydrogen-bond donors (Lipinski definition) is 0. The molecule has 0 atom stereocenters. The maximum atomic E-state index is 6.45. The van der Waals surface area contributed by atoms with Gasteiger partial charge in [0.2, 0.25) is 0 Å². The van der Waals surface area contributed by atoms with Gasteiger partial charge in [0, 0.05) is 50.0 Å². The minimum absolute atomic E-state index is 0. The van der Waals surface area contributed by atoms with Crippen molar-refractivity contribution in [3.8, 4) is 17.3 Å². The van der Waals surface area contributed by atoms with Crippen LogP contribution in [0.1, 0.15) is 79.0 Å². The molecule has 0 saturated carbocycles. The van der Waals surface area contributed by atoms with Gasteiger partial charge in [-0.3, -0.25) is 0 Å². The Morgan fingerprint density at radius 1 is 0.640 bits per heavy atom. The Bertz CT molecular complexity index is 2210. The van der Waals surface area contributed by atoms with E-state index >= 15 is 0 Å². The fourth-order valence-electron chi connectivity index (χ4n) is 6.41. The molecule has 50 heavy (non-hydrogen) atoms. The van der Waals surface area contributed by atoms with Gasteiger partial charge in [-0.1, -0.05) is 98.2 Å². The maximum Gasteiger partial charge on any atom is 0.135 e. The first-order valence-electron chi connectivity index (χ1n) is 17.0. The molecule has 0 amide bonds. The molecule has 5 nitrogen and oxygen atoms in total. The molecule has 0 N–H and O–H groups in total. The van der Waals surface area contributed by atoms with Crippen molar-refractivity contribution >= 4 is 33.2 Å². The number of rotatable bonds is 5. The van der Waals surface area contributed by atoms with Gasteiger partial charge in [0.05, 0.1) is 0 Å². The van der Waals surface area contributed by atoms with E-state index in [2.05, 4.69) is 169 Å². The summed E-state index contributed by atoms with van der Waals surface area (Å²) in [6.07, 6.45) is 6.06. The molecule has 0 bridgehead atoms. The molecule has 4 aromatic carbocycles. The van der Waals surface area contributed by atoms with Crippen molar-refractivity contribution < 1.29 is 25.8 Å². The van der Waals surface area contributed by atoms with Gasteiger partial charge in [-0.25, -0.2) is 4.98 Å². The predicted octanol–water partition coefficient (Wildman–Crippen LogP) is 11.4. The summed E-state index contributed by atoms with van der Waals surface area (Å²) in [5.41, 5.74) is 8.01. The van der Waals surface area contributed by atoms with Crippen LogP contribution in [0.2, 0.25) is 0 Å². The van der Waals surface area contributed by atoms with E-state index in [1.54, 1.807) is 0 Å². The van der Waals surface area contributed by atoms with Gasteiger partial charge in [-0.05, 0) is 75.0 Å². The summed E-state index contributed by atoms with van der Waals surface area (Å²) in [5, 5.41) is 2.26. The molecule has 6 aromatic rings. The second-order valence-electron chi connectivity index (χ2n) is 16.1. The minimum Gasteiger partial charge on any atom is -0.509 e. The number of pyridine rings is 1. The fourth-order valence-corrected chi connectivity index (χ4v) is 6.41. The van der Waals surface area contributed by atoms with Gasteiger partial charge >= 0.3 is 0 Å². The number of ether oxygens (including phenoxy) is 1. The number of aromatic nitrogens is 2. The molecular formula is C44H45N4OPt-3. The molecule has 1 aliphatic rings. The zero-order chi connectivity index (χ0) is 34.7.